The molecule has 0 bridgehead atoms. The Labute approximate surface area is 139 Å². The molecule has 134 valence electrons. The first-order chi connectivity index (χ1) is 11.2. The summed E-state index contributed by atoms with van der Waals surface area (Å²) in [5.41, 5.74) is -3.93. The third-order valence-corrected chi connectivity index (χ3v) is 5.89. The molecule has 1 heterocycles. The molecule has 1 saturated heterocycles. The van der Waals surface area contributed by atoms with Crippen molar-refractivity contribution >= 4 is 10.1 Å². The number of hydrogen-bond donors (Lipinski definition) is 0. The highest BCUT2D eigenvalue weighted by molar-refractivity contribution is 7.88. The summed E-state index contributed by atoms with van der Waals surface area (Å²) in [4.78, 5) is 2.42. The van der Waals surface area contributed by atoms with Gasteiger partial charge in [-0.25, -0.2) is 0 Å². The van der Waals surface area contributed by atoms with Gasteiger partial charge in [0, 0.05) is 6.04 Å². The molecule has 4 nitrogen and oxygen atoms in total. The second-order valence-corrected chi connectivity index (χ2v) is 7.98. The maximum absolute atomic E-state index is 12.6. The summed E-state index contributed by atoms with van der Waals surface area (Å²) < 4.78 is 64.8. The van der Waals surface area contributed by atoms with E-state index in [-0.39, 0.29) is 5.75 Å². The lowest BCUT2D eigenvalue weighted by atomic mass is 9.80. The molecule has 1 aromatic carbocycles. The average Bonchev–Trinajstić information content (AvgIpc) is 2.87. The number of halogens is 3. The van der Waals surface area contributed by atoms with Crippen molar-refractivity contribution < 1.29 is 25.8 Å². The largest absolute Gasteiger partial charge is 0.534 e. The number of hydrogen-bond acceptors (Lipinski definition) is 4. The van der Waals surface area contributed by atoms with Gasteiger partial charge in [-0.05, 0) is 61.9 Å². The second-order valence-electron chi connectivity index (χ2n) is 6.44. The van der Waals surface area contributed by atoms with Gasteiger partial charge in [-0.3, -0.25) is 4.90 Å². The summed E-state index contributed by atoms with van der Waals surface area (Å²) in [7, 11) is -5.64. The van der Waals surface area contributed by atoms with E-state index in [0.717, 1.165) is 37.9 Å². The van der Waals surface area contributed by atoms with Gasteiger partial charge in [-0.2, -0.15) is 21.6 Å². The van der Waals surface area contributed by atoms with E-state index in [1.54, 1.807) is 6.07 Å². The monoisotopic (exact) mass is 363 g/mol. The highest BCUT2D eigenvalue weighted by atomic mass is 32.2. The third kappa shape index (κ3) is 3.13. The lowest BCUT2D eigenvalue weighted by Gasteiger charge is -2.33. The molecule has 0 N–H and O–H groups in total. The Morgan fingerprint density at radius 1 is 1.29 bits per heavy atom. The van der Waals surface area contributed by atoms with E-state index in [4.69, 9.17) is 0 Å². The van der Waals surface area contributed by atoms with E-state index < -0.39 is 15.6 Å². The molecule has 0 radical (unpaired) electrons. The van der Waals surface area contributed by atoms with Crippen LogP contribution in [0, 0.1) is 5.92 Å². The minimum Gasteiger partial charge on any atom is -0.376 e. The molecule has 0 saturated carbocycles. The zero-order valence-electron chi connectivity index (χ0n) is 13.3. The van der Waals surface area contributed by atoms with Crippen molar-refractivity contribution in [2.75, 3.05) is 13.1 Å². The Balaban J connectivity index is 1.88. The van der Waals surface area contributed by atoms with Crippen LogP contribution < -0.4 is 4.18 Å². The lowest BCUT2D eigenvalue weighted by molar-refractivity contribution is -0.0500. The molecule has 1 aliphatic heterocycles. The minimum absolute atomic E-state index is 0.183. The predicted molar refractivity (Wildman–Crippen MR) is 83.2 cm³/mol. The van der Waals surface area contributed by atoms with Crippen LogP contribution in [0.2, 0.25) is 0 Å². The number of fused-ring (bicyclic) bond motifs is 2. The summed E-state index contributed by atoms with van der Waals surface area (Å²) in [5.74, 6) is 0.152. The average molecular weight is 363 g/mol. The molecule has 3 rings (SSSR count). The van der Waals surface area contributed by atoms with Crippen molar-refractivity contribution in [3.05, 3.63) is 29.3 Å². The first-order valence-electron chi connectivity index (χ1n) is 8.08. The van der Waals surface area contributed by atoms with E-state index in [1.165, 1.54) is 6.07 Å². The molecule has 2 aliphatic rings. The van der Waals surface area contributed by atoms with Crippen LogP contribution in [0.25, 0.3) is 0 Å². The van der Waals surface area contributed by atoms with Gasteiger partial charge in [0.2, 0.25) is 0 Å². The number of nitrogens with zero attached hydrogens (tertiary/aromatic N) is 1. The van der Waals surface area contributed by atoms with Crippen molar-refractivity contribution in [3.8, 4) is 5.75 Å². The van der Waals surface area contributed by atoms with Crippen molar-refractivity contribution in [1.82, 2.24) is 4.90 Å². The van der Waals surface area contributed by atoms with Gasteiger partial charge in [0.1, 0.15) is 5.75 Å². The number of alkyl halides is 3. The Kier molecular flexibility index (Phi) is 4.55. The first-order valence-corrected chi connectivity index (χ1v) is 9.49. The zero-order chi connectivity index (χ0) is 17.5. The van der Waals surface area contributed by atoms with Crippen LogP contribution in [0.15, 0.2) is 18.2 Å². The molecular weight excluding hydrogens is 343 g/mol. The molecule has 0 spiro atoms. The highest BCUT2D eigenvalue weighted by Gasteiger charge is 2.49. The molecule has 0 aromatic heterocycles. The summed E-state index contributed by atoms with van der Waals surface area (Å²) in [5, 5.41) is 0. The zero-order valence-corrected chi connectivity index (χ0v) is 14.2. The van der Waals surface area contributed by atoms with E-state index in [1.807, 2.05) is 6.07 Å². The molecule has 2 atom stereocenters. The Morgan fingerprint density at radius 2 is 2.04 bits per heavy atom. The molecular formula is C16H20F3NO3S. The first kappa shape index (κ1) is 17.5. The fraction of sp³-hybridized carbons (Fsp3) is 0.625. The fourth-order valence-electron chi connectivity index (χ4n) is 3.85. The van der Waals surface area contributed by atoms with Crippen molar-refractivity contribution in [3.63, 3.8) is 0 Å². The van der Waals surface area contributed by atoms with E-state index in [9.17, 15) is 21.6 Å². The number of benzene rings is 1. The van der Waals surface area contributed by atoms with E-state index in [2.05, 4.69) is 16.0 Å². The Bertz CT molecular complexity index is 718. The second kappa shape index (κ2) is 6.22. The van der Waals surface area contributed by atoms with Crippen LogP contribution in [-0.4, -0.2) is 38.0 Å². The molecule has 8 heteroatoms. The molecule has 1 aliphatic carbocycles. The van der Waals surface area contributed by atoms with E-state index in [0.29, 0.717) is 23.9 Å². The van der Waals surface area contributed by atoms with Gasteiger partial charge < -0.3 is 4.18 Å². The van der Waals surface area contributed by atoms with Crippen molar-refractivity contribution in [2.24, 2.45) is 5.92 Å². The van der Waals surface area contributed by atoms with Crippen molar-refractivity contribution in [1.29, 1.82) is 0 Å². The van der Waals surface area contributed by atoms with Crippen LogP contribution in [0.4, 0.5) is 13.2 Å². The molecule has 1 aromatic rings. The quantitative estimate of drug-likeness (QED) is 0.609. The molecule has 0 amide bonds. The van der Waals surface area contributed by atoms with Crippen LogP contribution in [-0.2, 0) is 23.0 Å². The van der Waals surface area contributed by atoms with Crippen molar-refractivity contribution in [2.45, 2.75) is 44.2 Å². The highest BCUT2D eigenvalue weighted by Crippen LogP contribution is 2.40. The summed E-state index contributed by atoms with van der Waals surface area (Å²) in [6.07, 6.45) is 3.32. The maximum Gasteiger partial charge on any atom is 0.534 e. The maximum atomic E-state index is 12.6. The fourth-order valence-corrected chi connectivity index (χ4v) is 4.34. The van der Waals surface area contributed by atoms with Crippen LogP contribution in [0.5, 0.6) is 5.75 Å². The van der Waals surface area contributed by atoms with Gasteiger partial charge in [0.25, 0.3) is 0 Å². The minimum atomic E-state index is -5.64. The summed E-state index contributed by atoms with van der Waals surface area (Å²) >= 11 is 0. The van der Waals surface area contributed by atoms with Crippen LogP contribution >= 0.6 is 0 Å². The topological polar surface area (TPSA) is 46.6 Å². The molecule has 0 unspecified atom stereocenters. The number of likely N-dealkylation sites (tertiary alicyclic amines) is 1. The smallest absolute Gasteiger partial charge is 0.376 e. The molecule has 24 heavy (non-hydrogen) atoms. The Morgan fingerprint density at radius 3 is 2.71 bits per heavy atom. The van der Waals surface area contributed by atoms with Crippen LogP contribution in [0.3, 0.4) is 0 Å². The van der Waals surface area contributed by atoms with Gasteiger partial charge in [0.05, 0.1) is 0 Å². The standard InChI is InChI=1S/C16H20F3NO3S/c1-2-7-20-8-6-12-9-13-11(10-14(12)20)4-3-5-15(13)23-24(21,22)16(17,18)19/h3-5,12,14H,2,6-10H2,1H3/t12-,14-/m1/s1. The summed E-state index contributed by atoms with van der Waals surface area (Å²) in [6, 6.07) is 5.09. The van der Waals surface area contributed by atoms with Gasteiger partial charge in [0.15, 0.2) is 0 Å². The number of rotatable bonds is 4. The Hall–Kier alpha value is -1.28. The summed E-state index contributed by atoms with van der Waals surface area (Å²) in [6.45, 7) is 4.11. The van der Waals surface area contributed by atoms with Gasteiger partial charge in [-0.1, -0.05) is 19.1 Å². The SMILES string of the molecule is CCCN1CC[C@@H]2Cc3c(cccc3OS(=O)(=O)C(F)(F)F)C[C@H]21. The van der Waals surface area contributed by atoms with Crippen LogP contribution in [0.1, 0.15) is 30.9 Å². The van der Waals surface area contributed by atoms with Gasteiger partial charge >= 0.3 is 15.6 Å². The third-order valence-electron chi connectivity index (χ3n) is 4.92. The molecule has 1 fully saturated rings. The lowest BCUT2D eigenvalue weighted by Crippen LogP contribution is -2.38. The van der Waals surface area contributed by atoms with Gasteiger partial charge in [-0.15, -0.1) is 0 Å². The van der Waals surface area contributed by atoms with E-state index >= 15 is 0 Å². The predicted octanol–water partition coefficient (Wildman–Crippen LogP) is 3.11. The normalized spacial score (nSPS) is 24.5.